The van der Waals surface area contributed by atoms with Gasteiger partial charge in [0.2, 0.25) is 0 Å². The van der Waals surface area contributed by atoms with Crippen LogP contribution < -0.4 is 0 Å². The van der Waals surface area contributed by atoms with E-state index in [1.165, 1.54) is 0 Å². The molecule has 0 saturated heterocycles. The summed E-state index contributed by atoms with van der Waals surface area (Å²) in [6, 6.07) is 5.31. The van der Waals surface area contributed by atoms with Crippen molar-refractivity contribution >= 4 is 5.97 Å². The molecule has 0 N–H and O–H groups in total. The SMILES string of the molecule is [N-]=[N+]=NCC#Cc1ccc2c(c1)C(=O)OC2. The van der Waals surface area contributed by atoms with Crippen molar-refractivity contribution in [2.75, 3.05) is 6.54 Å². The first-order valence-electron chi connectivity index (χ1n) is 4.61. The summed E-state index contributed by atoms with van der Waals surface area (Å²) >= 11 is 0. The molecule has 16 heavy (non-hydrogen) atoms. The number of azide groups is 1. The van der Waals surface area contributed by atoms with Crippen molar-refractivity contribution in [1.29, 1.82) is 0 Å². The molecule has 0 fully saturated rings. The van der Waals surface area contributed by atoms with Crippen LogP contribution in [0.25, 0.3) is 10.4 Å². The highest BCUT2D eigenvalue weighted by atomic mass is 16.5. The van der Waals surface area contributed by atoms with Gasteiger partial charge in [-0.3, -0.25) is 0 Å². The first-order chi connectivity index (χ1) is 7.81. The third-order valence-corrected chi connectivity index (χ3v) is 2.13. The number of rotatable bonds is 1. The molecule has 0 spiro atoms. The predicted molar refractivity (Wildman–Crippen MR) is 56.5 cm³/mol. The zero-order valence-corrected chi connectivity index (χ0v) is 8.30. The molecule has 78 valence electrons. The molecule has 1 aromatic rings. The lowest BCUT2D eigenvalue weighted by molar-refractivity contribution is 0.0535. The van der Waals surface area contributed by atoms with Gasteiger partial charge in [0.15, 0.2) is 0 Å². The molecule has 5 heteroatoms. The van der Waals surface area contributed by atoms with Crippen LogP contribution in [0.4, 0.5) is 0 Å². The van der Waals surface area contributed by atoms with Gasteiger partial charge in [0.1, 0.15) is 6.61 Å². The number of hydrogen-bond acceptors (Lipinski definition) is 3. The topological polar surface area (TPSA) is 75.1 Å². The fraction of sp³-hybridized carbons (Fsp3) is 0.182. The molecule has 1 aromatic carbocycles. The van der Waals surface area contributed by atoms with Crippen LogP contribution >= 0.6 is 0 Å². The molecular formula is C11H7N3O2. The molecular weight excluding hydrogens is 206 g/mol. The minimum absolute atomic E-state index is 0.123. The number of hydrogen-bond donors (Lipinski definition) is 0. The van der Waals surface area contributed by atoms with Crippen LogP contribution in [0, 0.1) is 11.8 Å². The van der Waals surface area contributed by atoms with Crippen molar-refractivity contribution < 1.29 is 9.53 Å². The fourth-order valence-corrected chi connectivity index (χ4v) is 1.40. The molecule has 0 atom stereocenters. The quantitative estimate of drug-likeness (QED) is 0.235. The van der Waals surface area contributed by atoms with Crippen LogP contribution in [-0.4, -0.2) is 12.5 Å². The molecule has 0 bridgehead atoms. The smallest absolute Gasteiger partial charge is 0.338 e. The van der Waals surface area contributed by atoms with Gasteiger partial charge in [0.25, 0.3) is 0 Å². The summed E-state index contributed by atoms with van der Waals surface area (Å²) in [6.07, 6.45) is 0. The Morgan fingerprint density at radius 3 is 3.25 bits per heavy atom. The highest BCUT2D eigenvalue weighted by Gasteiger charge is 2.20. The van der Waals surface area contributed by atoms with E-state index in [1.54, 1.807) is 6.07 Å². The van der Waals surface area contributed by atoms with E-state index < -0.39 is 0 Å². The third kappa shape index (κ3) is 1.97. The zero-order chi connectivity index (χ0) is 11.4. The minimum atomic E-state index is -0.311. The van der Waals surface area contributed by atoms with Crippen LogP contribution in [0.1, 0.15) is 21.5 Å². The Balaban J connectivity index is 2.23. The summed E-state index contributed by atoms with van der Waals surface area (Å²) in [5.74, 6) is 5.18. The van der Waals surface area contributed by atoms with Gasteiger partial charge in [-0.1, -0.05) is 23.0 Å². The number of carbonyl (C=O) groups is 1. The van der Waals surface area contributed by atoms with Gasteiger partial charge < -0.3 is 4.74 Å². The Bertz CT molecular complexity index is 548. The van der Waals surface area contributed by atoms with Gasteiger partial charge in [-0.15, -0.1) is 0 Å². The maximum Gasteiger partial charge on any atom is 0.338 e. The highest BCUT2D eigenvalue weighted by molar-refractivity contribution is 5.93. The molecule has 1 aliphatic heterocycles. The Labute approximate surface area is 91.7 Å². The number of ether oxygens (including phenoxy) is 1. The molecule has 1 aliphatic rings. The van der Waals surface area contributed by atoms with Gasteiger partial charge in [0, 0.05) is 16.0 Å². The lowest BCUT2D eigenvalue weighted by Crippen LogP contribution is -1.93. The molecule has 1 heterocycles. The molecule has 0 radical (unpaired) electrons. The van der Waals surface area contributed by atoms with Gasteiger partial charge >= 0.3 is 5.97 Å². The van der Waals surface area contributed by atoms with Crippen LogP contribution in [-0.2, 0) is 11.3 Å². The summed E-state index contributed by atoms with van der Waals surface area (Å²) in [5.41, 5.74) is 10.2. The Morgan fingerprint density at radius 1 is 1.56 bits per heavy atom. The second-order valence-electron chi connectivity index (χ2n) is 3.14. The minimum Gasteiger partial charge on any atom is -0.457 e. The lowest BCUT2D eigenvalue weighted by atomic mass is 10.1. The molecule has 0 saturated carbocycles. The number of carbonyl (C=O) groups excluding carboxylic acids is 1. The van der Waals surface area contributed by atoms with Crippen LogP contribution in [0.5, 0.6) is 0 Å². The maximum absolute atomic E-state index is 11.3. The fourth-order valence-electron chi connectivity index (χ4n) is 1.40. The van der Waals surface area contributed by atoms with E-state index in [2.05, 4.69) is 21.9 Å². The van der Waals surface area contributed by atoms with Crippen molar-refractivity contribution in [2.24, 2.45) is 5.11 Å². The van der Waals surface area contributed by atoms with E-state index in [0.29, 0.717) is 17.7 Å². The lowest BCUT2D eigenvalue weighted by Gasteiger charge is -1.94. The van der Waals surface area contributed by atoms with E-state index >= 15 is 0 Å². The molecule has 2 rings (SSSR count). The number of esters is 1. The number of fused-ring (bicyclic) bond motifs is 1. The molecule has 0 amide bonds. The maximum atomic E-state index is 11.3. The molecule has 5 nitrogen and oxygen atoms in total. The number of nitrogens with zero attached hydrogens (tertiary/aromatic N) is 3. The largest absolute Gasteiger partial charge is 0.457 e. The molecule has 0 aromatic heterocycles. The zero-order valence-electron chi connectivity index (χ0n) is 8.30. The average Bonchev–Trinajstić information content (AvgIpc) is 2.67. The number of cyclic esters (lactones) is 1. The second kappa shape index (κ2) is 4.39. The monoisotopic (exact) mass is 213 g/mol. The summed E-state index contributed by atoms with van der Waals surface area (Å²) < 4.78 is 4.87. The van der Waals surface area contributed by atoms with Gasteiger partial charge in [-0.05, 0) is 17.7 Å². The summed E-state index contributed by atoms with van der Waals surface area (Å²) in [5, 5.41) is 3.29. The Morgan fingerprint density at radius 2 is 2.44 bits per heavy atom. The Kier molecular flexibility index (Phi) is 2.77. The normalized spacial score (nSPS) is 11.9. The van der Waals surface area contributed by atoms with Crippen molar-refractivity contribution in [3.8, 4) is 11.8 Å². The summed E-state index contributed by atoms with van der Waals surface area (Å²) in [6.45, 7) is 0.457. The first-order valence-corrected chi connectivity index (χ1v) is 4.61. The van der Waals surface area contributed by atoms with Crippen LogP contribution in [0.2, 0.25) is 0 Å². The van der Waals surface area contributed by atoms with Crippen molar-refractivity contribution in [3.63, 3.8) is 0 Å². The summed E-state index contributed by atoms with van der Waals surface area (Å²) in [4.78, 5) is 13.8. The molecule has 0 unspecified atom stereocenters. The Hall–Kier alpha value is -2.44. The third-order valence-electron chi connectivity index (χ3n) is 2.13. The van der Waals surface area contributed by atoms with Crippen LogP contribution in [0.15, 0.2) is 23.3 Å². The van der Waals surface area contributed by atoms with Gasteiger partial charge in [-0.2, -0.15) is 0 Å². The van der Waals surface area contributed by atoms with Crippen molar-refractivity contribution in [3.05, 3.63) is 45.3 Å². The van der Waals surface area contributed by atoms with Gasteiger partial charge in [-0.25, -0.2) is 4.79 Å². The second-order valence-corrected chi connectivity index (χ2v) is 3.14. The highest BCUT2D eigenvalue weighted by Crippen LogP contribution is 2.20. The van der Waals surface area contributed by atoms with E-state index in [1.807, 2.05) is 12.1 Å². The first kappa shape index (κ1) is 10.1. The standard InChI is InChI=1S/C11H7N3O2/c12-14-13-5-1-2-8-3-4-9-7-16-11(15)10(9)6-8/h3-4,6H,5,7H2. The van der Waals surface area contributed by atoms with Gasteiger partial charge in [0.05, 0.1) is 12.1 Å². The van der Waals surface area contributed by atoms with Crippen molar-refractivity contribution in [2.45, 2.75) is 6.61 Å². The van der Waals surface area contributed by atoms with E-state index in [0.717, 1.165) is 5.56 Å². The predicted octanol–water partition coefficient (Wildman–Crippen LogP) is 2.02. The molecule has 0 aliphatic carbocycles. The van der Waals surface area contributed by atoms with E-state index in [-0.39, 0.29) is 12.5 Å². The van der Waals surface area contributed by atoms with Crippen molar-refractivity contribution in [1.82, 2.24) is 0 Å². The summed E-state index contributed by atoms with van der Waals surface area (Å²) in [7, 11) is 0. The van der Waals surface area contributed by atoms with E-state index in [9.17, 15) is 4.79 Å². The number of benzene rings is 1. The van der Waals surface area contributed by atoms with Crippen LogP contribution in [0.3, 0.4) is 0 Å². The average molecular weight is 213 g/mol. The van der Waals surface area contributed by atoms with E-state index in [4.69, 9.17) is 10.3 Å².